The third-order valence-corrected chi connectivity index (χ3v) is 3.45. The van der Waals surface area contributed by atoms with Gasteiger partial charge >= 0.3 is 0 Å². The molecular formula is C17H19N3. The second kappa shape index (κ2) is 7.42. The highest BCUT2D eigenvalue weighted by Gasteiger charge is 2.16. The molecule has 0 saturated carbocycles. The second-order valence-electron chi connectivity index (χ2n) is 4.84. The zero-order valence-electron chi connectivity index (χ0n) is 11.7. The zero-order valence-corrected chi connectivity index (χ0v) is 11.7. The van der Waals surface area contributed by atoms with Crippen molar-refractivity contribution in [2.45, 2.75) is 18.9 Å². The lowest BCUT2D eigenvalue weighted by atomic mass is 10.0. The third kappa shape index (κ3) is 3.91. The van der Waals surface area contributed by atoms with Gasteiger partial charge in [0, 0.05) is 30.9 Å². The Balaban J connectivity index is 2.01. The van der Waals surface area contributed by atoms with Crippen LogP contribution in [0.1, 0.15) is 23.7 Å². The van der Waals surface area contributed by atoms with Gasteiger partial charge in [-0.05, 0) is 24.7 Å². The first kappa shape index (κ1) is 14.2. The van der Waals surface area contributed by atoms with Gasteiger partial charge in [0.1, 0.15) is 0 Å². The van der Waals surface area contributed by atoms with Crippen molar-refractivity contribution in [2.24, 2.45) is 0 Å². The molecule has 0 spiro atoms. The number of nitriles is 1. The van der Waals surface area contributed by atoms with Crippen molar-refractivity contribution in [1.29, 1.82) is 5.26 Å². The van der Waals surface area contributed by atoms with Crippen LogP contribution in [0.15, 0.2) is 54.7 Å². The summed E-state index contributed by atoms with van der Waals surface area (Å²) in [7, 11) is 2.07. The molecule has 0 bridgehead atoms. The summed E-state index contributed by atoms with van der Waals surface area (Å²) in [6, 6.07) is 18.6. The number of likely N-dealkylation sites (N-methyl/N-ethyl adjacent to an activating group) is 1. The summed E-state index contributed by atoms with van der Waals surface area (Å²) in [5.74, 6) is 0. The van der Waals surface area contributed by atoms with Crippen molar-refractivity contribution in [3.05, 3.63) is 66.0 Å². The molecule has 0 N–H and O–H groups in total. The van der Waals surface area contributed by atoms with Crippen LogP contribution in [-0.2, 0) is 6.42 Å². The SMILES string of the molecule is CN(CCc1ccccn1)C(CC#N)c1ccccc1. The fourth-order valence-corrected chi connectivity index (χ4v) is 2.28. The highest BCUT2D eigenvalue weighted by Crippen LogP contribution is 2.22. The predicted octanol–water partition coefficient (Wildman–Crippen LogP) is 3.21. The topological polar surface area (TPSA) is 39.9 Å². The first-order valence-corrected chi connectivity index (χ1v) is 6.83. The quantitative estimate of drug-likeness (QED) is 0.805. The van der Waals surface area contributed by atoms with Crippen molar-refractivity contribution in [3.8, 4) is 6.07 Å². The number of hydrogen-bond acceptors (Lipinski definition) is 3. The van der Waals surface area contributed by atoms with E-state index in [1.807, 2.05) is 42.6 Å². The summed E-state index contributed by atoms with van der Waals surface area (Å²) < 4.78 is 0. The minimum absolute atomic E-state index is 0.143. The smallest absolute Gasteiger partial charge is 0.0641 e. The van der Waals surface area contributed by atoms with Crippen LogP contribution in [0.25, 0.3) is 0 Å². The minimum atomic E-state index is 0.143. The van der Waals surface area contributed by atoms with Crippen molar-refractivity contribution in [3.63, 3.8) is 0 Å². The Labute approximate surface area is 120 Å². The predicted molar refractivity (Wildman–Crippen MR) is 80.0 cm³/mol. The van der Waals surface area contributed by atoms with E-state index in [2.05, 4.69) is 35.1 Å². The van der Waals surface area contributed by atoms with Gasteiger partial charge in [0.2, 0.25) is 0 Å². The summed E-state index contributed by atoms with van der Waals surface area (Å²) in [6.45, 7) is 0.887. The van der Waals surface area contributed by atoms with Gasteiger partial charge in [-0.25, -0.2) is 0 Å². The fraction of sp³-hybridized carbons (Fsp3) is 0.294. The summed E-state index contributed by atoms with van der Waals surface area (Å²) in [5.41, 5.74) is 2.28. The lowest BCUT2D eigenvalue weighted by molar-refractivity contribution is 0.250. The van der Waals surface area contributed by atoms with E-state index in [1.54, 1.807) is 0 Å². The van der Waals surface area contributed by atoms with Gasteiger partial charge < -0.3 is 0 Å². The molecule has 0 aliphatic rings. The Morgan fingerprint density at radius 2 is 1.90 bits per heavy atom. The molecule has 102 valence electrons. The van der Waals surface area contributed by atoms with Crippen molar-refractivity contribution in [1.82, 2.24) is 9.88 Å². The van der Waals surface area contributed by atoms with Gasteiger partial charge in [-0.1, -0.05) is 36.4 Å². The molecule has 2 aromatic rings. The normalized spacial score (nSPS) is 12.1. The van der Waals surface area contributed by atoms with E-state index >= 15 is 0 Å². The molecule has 2 rings (SSSR count). The average molecular weight is 265 g/mol. The maximum absolute atomic E-state index is 9.04. The van der Waals surface area contributed by atoms with E-state index in [9.17, 15) is 0 Å². The number of pyridine rings is 1. The van der Waals surface area contributed by atoms with Crippen LogP contribution in [0.2, 0.25) is 0 Å². The minimum Gasteiger partial charge on any atom is -0.298 e. The molecule has 1 aromatic carbocycles. The van der Waals surface area contributed by atoms with Crippen molar-refractivity contribution >= 4 is 0 Å². The molecule has 0 aliphatic heterocycles. The van der Waals surface area contributed by atoms with Crippen LogP contribution in [0.3, 0.4) is 0 Å². The number of aromatic nitrogens is 1. The van der Waals surface area contributed by atoms with E-state index in [0.29, 0.717) is 6.42 Å². The maximum Gasteiger partial charge on any atom is 0.0641 e. The standard InChI is InChI=1S/C17H19N3/c1-20(14-11-16-9-5-6-13-19-16)17(10-12-18)15-7-3-2-4-8-15/h2-9,13,17H,10-11,14H2,1H3. The van der Waals surface area contributed by atoms with Crippen molar-refractivity contribution < 1.29 is 0 Å². The lowest BCUT2D eigenvalue weighted by Gasteiger charge is -2.26. The maximum atomic E-state index is 9.04. The van der Waals surface area contributed by atoms with Crippen molar-refractivity contribution in [2.75, 3.05) is 13.6 Å². The molecule has 1 unspecified atom stereocenters. The van der Waals surface area contributed by atoms with Gasteiger partial charge in [0.15, 0.2) is 0 Å². The highest BCUT2D eigenvalue weighted by atomic mass is 15.1. The van der Waals surface area contributed by atoms with Gasteiger partial charge in [-0.15, -0.1) is 0 Å². The Morgan fingerprint density at radius 1 is 1.15 bits per heavy atom. The first-order valence-electron chi connectivity index (χ1n) is 6.83. The average Bonchev–Trinajstić information content (AvgIpc) is 2.52. The molecule has 0 aliphatic carbocycles. The molecule has 0 fully saturated rings. The van der Waals surface area contributed by atoms with Gasteiger partial charge in [-0.2, -0.15) is 5.26 Å². The number of benzene rings is 1. The molecule has 0 amide bonds. The van der Waals surface area contributed by atoms with Crippen LogP contribution in [0.5, 0.6) is 0 Å². The molecule has 1 aromatic heterocycles. The molecule has 20 heavy (non-hydrogen) atoms. The highest BCUT2D eigenvalue weighted by molar-refractivity contribution is 5.20. The summed E-state index contributed by atoms with van der Waals surface area (Å²) in [6.07, 6.45) is 3.22. The zero-order chi connectivity index (χ0) is 14.2. The molecule has 1 heterocycles. The van der Waals surface area contributed by atoms with Crippen LogP contribution < -0.4 is 0 Å². The Kier molecular flexibility index (Phi) is 5.28. The Hall–Kier alpha value is -2.18. The van der Waals surface area contributed by atoms with Crippen LogP contribution in [-0.4, -0.2) is 23.5 Å². The van der Waals surface area contributed by atoms with Gasteiger partial charge in [0.05, 0.1) is 12.5 Å². The monoisotopic (exact) mass is 265 g/mol. The molecule has 0 saturated heterocycles. The van der Waals surface area contributed by atoms with Gasteiger partial charge in [-0.3, -0.25) is 9.88 Å². The number of nitrogens with zero attached hydrogens (tertiary/aromatic N) is 3. The van der Waals surface area contributed by atoms with Crippen LogP contribution in [0, 0.1) is 11.3 Å². The number of hydrogen-bond donors (Lipinski definition) is 0. The van der Waals surface area contributed by atoms with E-state index in [0.717, 1.165) is 18.7 Å². The summed E-state index contributed by atoms with van der Waals surface area (Å²) >= 11 is 0. The fourth-order valence-electron chi connectivity index (χ4n) is 2.28. The first-order chi connectivity index (χ1) is 9.81. The van der Waals surface area contributed by atoms with E-state index in [1.165, 1.54) is 5.56 Å². The van der Waals surface area contributed by atoms with Crippen LogP contribution >= 0.6 is 0 Å². The number of rotatable bonds is 6. The molecular weight excluding hydrogens is 246 g/mol. The van der Waals surface area contributed by atoms with Gasteiger partial charge in [0.25, 0.3) is 0 Å². The molecule has 3 nitrogen and oxygen atoms in total. The summed E-state index contributed by atoms with van der Waals surface area (Å²) in [4.78, 5) is 6.57. The lowest BCUT2D eigenvalue weighted by Crippen LogP contribution is -2.26. The molecule has 1 atom stereocenters. The Morgan fingerprint density at radius 3 is 2.55 bits per heavy atom. The van der Waals surface area contributed by atoms with E-state index in [-0.39, 0.29) is 6.04 Å². The Bertz CT molecular complexity index is 545. The largest absolute Gasteiger partial charge is 0.298 e. The molecule has 0 radical (unpaired) electrons. The molecule has 3 heteroatoms. The van der Waals surface area contributed by atoms with E-state index < -0.39 is 0 Å². The van der Waals surface area contributed by atoms with E-state index in [4.69, 9.17) is 5.26 Å². The second-order valence-corrected chi connectivity index (χ2v) is 4.84. The summed E-state index contributed by atoms with van der Waals surface area (Å²) in [5, 5.41) is 9.04. The third-order valence-electron chi connectivity index (χ3n) is 3.45. The van der Waals surface area contributed by atoms with Crippen LogP contribution in [0.4, 0.5) is 0 Å².